The highest BCUT2D eigenvalue weighted by Gasteiger charge is 2.01. The van der Waals surface area contributed by atoms with Crippen LogP contribution in [0.5, 0.6) is 0 Å². The third-order valence-corrected chi connectivity index (χ3v) is 2.51. The molecule has 0 aliphatic rings. The Morgan fingerprint density at radius 2 is 1.81 bits per heavy atom. The maximum absolute atomic E-state index is 11.6. The summed E-state index contributed by atoms with van der Waals surface area (Å²) in [6.07, 6.45) is 5.23. The van der Waals surface area contributed by atoms with Crippen LogP contribution in [0.1, 0.15) is 38.7 Å². The average Bonchev–Trinajstić information content (AvgIpc) is 2.27. The van der Waals surface area contributed by atoms with Crippen LogP contribution in [0, 0.1) is 0 Å². The molecule has 0 heterocycles. The van der Waals surface area contributed by atoms with Gasteiger partial charge in [-0.15, -0.1) is 0 Å². The Labute approximate surface area is 98.2 Å². The molecule has 0 saturated heterocycles. The molecular formula is C15H20O. The Morgan fingerprint density at radius 1 is 1.12 bits per heavy atom. The Hall–Kier alpha value is -1.37. The van der Waals surface area contributed by atoms with E-state index in [2.05, 4.69) is 32.1 Å². The first-order valence-electron chi connectivity index (χ1n) is 5.87. The fourth-order valence-corrected chi connectivity index (χ4v) is 1.58. The van der Waals surface area contributed by atoms with E-state index in [1.54, 1.807) is 0 Å². The normalized spacial score (nSPS) is 9.88. The number of ketones is 1. The lowest BCUT2D eigenvalue weighted by molar-refractivity contribution is -0.118. The summed E-state index contributed by atoms with van der Waals surface area (Å²) in [5, 5.41) is 0. The van der Waals surface area contributed by atoms with Crippen molar-refractivity contribution in [1.82, 2.24) is 0 Å². The molecule has 0 amide bonds. The predicted molar refractivity (Wildman–Crippen MR) is 68.4 cm³/mol. The molecule has 1 heteroatoms. The molecule has 16 heavy (non-hydrogen) atoms. The Morgan fingerprint density at radius 3 is 2.44 bits per heavy atom. The van der Waals surface area contributed by atoms with Crippen molar-refractivity contribution >= 4 is 5.78 Å². The van der Waals surface area contributed by atoms with Crippen molar-refractivity contribution in [2.24, 2.45) is 0 Å². The van der Waals surface area contributed by atoms with Crippen LogP contribution in [-0.2, 0) is 11.2 Å². The van der Waals surface area contributed by atoms with Crippen LogP contribution in [0.2, 0.25) is 0 Å². The second-order valence-corrected chi connectivity index (χ2v) is 4.34. The molecule has 0 bridgehead atoms. The molecule has 0 unspecified atom stereocenters. The number of allylic oxidation sites excluding steroid dienone is 2. The summed E-state index contributed by atoms with van der Waals surface area (Å²) < 4.78 is 0. The van der Waals surface area contributed by atoms with E-state index in [1.807, 2.05) is 18.2 Å². The molecular weight excluding hydrogens is 196 g/mol. The molecule has 0 spiro atoms. The zero-order chi connectivity index (χ0) is 11.8. The minimum Gasteiger partial charge on any atom is -0.300 e. The first-order valence-corrected chi connectivity index (χ1v) is 5.87. The van der Waals surface area contributed by atoms with E-state index < -0.39 is 0 Å². The summed E-state index contributed by atoms with van der Waals surface area (Å²) in [7, 11) is 0. The molecule has 0 aliphatic carbocycles. The van der Waals surface area contributed by atoms with Gasteiger partial charge in [-0.1, -0.05) is 42.0 Å². The number of rotatable bonds is 6. The fourth-order valence-electron chi connectivity index (χ4n) is 1.58. The van der Waals surface area contributed by atoms with E-state index in [0.29, 0.717) is 18.6 Å². The summed E-state index contributed by atoms with van der Waals surface area (Å²) in [6, 6.07) is 10.2. The number of aryl methyl sites for hydroxylation is 1. The van der Waals surface area contributed by atoms with Gasteiger partial charge < -0.3 is 0 Å². The van der Waals surface area contributed by atoms with Gasteiger partial charge in [0.1, 0.15) is 5.78 Å². The molecule has 1 aromatic carbocycles. The average molecular weight is 216 g/mol. The first-order chi connectivity index (χ1) is 7.68. The second kappa shape index (κ2) is 7.00. The van der Waals surface area contributed by atoms with E-state index in [1.165, 1.54) is 11.1 Å². The van der Waals surface area contributed by atoms with Crippen molar-refractivity contribution in [3.63, 3.8) is 0 Å². The second-order valence-electron chi connectivity index (χ2n) is 4.34. The fraction of sp³-hybridized carbons (Fsp3) is 0.400. The number of benzene rings is 1. The Kier molecular flexibility index (Phi) is 5.55. The summed E-state index contributed by atoms with van der Waals surface area (Å²) in [6.45, 7) is 4.13. The van der Waals surface area contributed by atoms with Gasteiger partial charge >= 0.3 is 0 Å². The molecule has 0 radical (unpaired) electrons. The molecule has 1 nitrogen and oxygen atoms in total. The van der Waals surface area contributed by atoms with Gasteiger partial charge in [0.25, 0.3) is 0 Å². The van der Waals surface area contributed by atoms with Gasteiger partial charge in [-0.05, 0) is 32.3 Å². The van der Waals surface area contributed by atoms with Crippen LogP contribution in [0.25, 0.3) is 0 Å². The molecule has 0 N–H and O–H groups in total. The maximum atomic E-state index is 11.6. The van der Waals surface area contributed by atoms with Gasteiger partial charge in [0.05, 0.1) is 0 Å². The number of carbonyl (C=O) groups excluding carboxylic acids is 1. The highest BCUT2D eigenvalue weighted by Crippen LogP contribution is 2.06. The van der Waals surface area contributed by atoms with Crippen molar-refractivity contribution in [2.75, 3.05) is 0 Å². The number of hydrogen-bond donors (Lipinski definition) is 0. The van der Waals surface area contributed by atoms with Crippen molar-refractivity contribution in [3.8, 4) is 0 Å². The van der Waals surface area contributed by atoms with E-state index in [9.17, 15) is 4.79 Å². The molecule has 0 aromatic heterocycles. The third-order valence-electron chi connectivity index (χ3n) is 2.51. The third kappa shape index (κ3) is 5.50. The van der Waals surface area contributed by atoms with E-state index >= 15 is 0 Å². The van der Waals surface area contributed by atoms with Crippen molar-refractivity contribution in [2.45, 2.75) is 39.5 Å². The molecule has 0 aliphatic heterocycles. The van der Waals surface area contributed by atoms with Crippen LogP contribution in [0.15, 0.2) is 42.0 Å². The summed E-state index contributed by atoms with van der Waals surface area (Å²) in [5.41, 5.74) is 2.54. The highest BCUT2D eigenvalue weighted by molar-refractivity contribution is 5.78. The van der Waals surface area contributed by atoms with Gasteiger partial charge in [0, 0.05) is 12.8 Å². The molecule has 1 aromatic rings. The zero-order valence-electron chi connectivity index (χ0n) is 10.2. The van der Waals surface area contributed by atoms with Crippen LogP contribution >= 0.6 is 0 Å². The van der Waals surface area contributed by atoms with Gasteiger partial charge in [-0.25, -0.2) is 0 Å². The Balaban J connectivity index is 2.23. The summed E-state index contributed by atoms with van der Waals surface area (Å²) in [5.74, 6) is 0.362. The molecule has 0 saturated carbocycles. The standard InChI is InChI=1S/C15H20O/c1-13(2)7-6-10-15(16)12-11-14-8-4-3-5-9-14/h3-5,7-9H,6,10-12H2,1-2H3. The zero-order valence-corrected chi connectivity index (χ0v) is 10.2. The van der Waals surface area contributed by atoms with Crippen LogP contribution in [0.4, 0.5) is 0 Å². The monoisotopic (exact) mass is 216 g/mol. The number of hydrogen-bond acceptors (Lipinski definition) is 1. The van der Waals surface area contributed by atoms with Crippen LogP contribution in [-0.4, -0.2) is 5.78 Å². The van der Waals surface area contributed by atoms with Crippen molar-refractivity contribution in [1.29, 1.82) is 0 Å². The Bertz CT molecular complexity index is 345. The van der Waals surface area contributed by atoms with E-state index in [-0.39, 0.29) is 0 Å². The van der Waals surface area contributed by atoms with Crippen LogP contribution in [0.3, 0.4) is 0 Å². The molecule has 0 atom stereocenters. The lowest BCUT2D eigenvalue weighted by atomic mass is 10.0. The molecule has 1 rings (SSSR count). The molecule has 0 fully saturated rings. The SMILES string of the molecule is CC(C)=CCCC(=O)CCc1ccccc1. The maximum Gasteiger partial charge on any atom is 0.133 e. The largest absolute Gasteiger partial charge is 0.300 e. The lowest BCUT2D eigenvalue weighted by Crippen LogP contribution is -1.99. The quantitative estimate of drug-likeness (QED) is 0.658. The van der Waals surface area contributed by atoms with Crippen molar-refractivity contribution < 1.29 is 4.79 Å². The van der Waals surface area contributed by atoms with Gasteiger partial charge in [-0.3, -0.25) is 4.79 Å². The number of Topliss-reactive ketones (excluding diaryl/α,β-unsaturated/α-hetero) is 1. The van der Waals surface area contributed by atoms with Crippen LogP contribution < -0.4 is 0 Å². The van der Waals surface area contributed by atoms with E-state index in [4.69, 9.17) is 0 Å². The predicted octanol–water partition coefficient (Wildman–Crippen LogP) is 3.93. The number of carbonyl (C=O) groups is 1. The van der Waals surface area contributed by atoms with E-state index in [0.717, 1.165) is 12.8 Å². The first kappa shape index (κ1) is 12.7. The minimum atomic E-state index is 0.362. The topological polar surface area (TPSA) is 17.1 Å². The minimum absolute atomic E-state index is 0.362. The lowest BCUT2D eigenvalue weighted by Gasteiger charge is -2.00. The summed E-state index contributed by atoms with van der Waals surface area (Å²) >= 11 is 0. The summed E-state index contributed by atoms with van der Waals surface area (Å²) in [4.78, 5) is 11.6. The van der Waals surface area contributed by atoms with Crippen molar-refractivity contribution in [3.05, 3.63) is 47.5 Å². The van der Waals surface area contributed by atoms with Gasteiger partial charge in [0.15, 0.2) is 0 Å². The van der Waals surface area contributed by atoms with Gasteiger partial charge in [-0.2, -0.15) is 0 Å². The molecule has 86 valence electrons. The highest BCUT2D eigenvalue weighted by atomic mass is 16.1. The smallest absolute Gasteiger partial charge is 0.133 e. The van der Waals surface area contributed by atoms with Gasteiger partial charge in [0.2, 0.25) is 0 Å².